The van der Waals surface area contributed by atoms with Crippen LogP contribution in [0, 0.1) is 0 Å². The molecule has 128 valence electrons. The average Bonchev–Trinajstić information content (AvgIpc) is 3.17. The fraction of sp³-hybridized carbons (Fsp3) is 0.211. The van der Waals surface area contributed by atoms with Crippen molar-refractivity contribution in [3.05, 3.63) is 76.8 Å². The second-order valence-corrected chi connectivity index (χ2v) is 5.80. The van der Waals surface area contributed by atoms with E-state index in [9.17, 15) is 9.59 Å². The molecule has 0 aliphatic carbocycles. The molecule has 2 unspecified atom stereocenters. The van der Waals surface area contributed by atoms with E-state index in [4.69, 9.17) is 4.42 Å². The molecule has 0 aliphatic rings. The van der Waals surface area contributed by atoms with E-state index in [0.29, 0.717) is 11.5 Å². The Kier molecular flexibility index (Phi) is 4.79. The van der Waals surface area contributed by atoms with Gasteiger partial charge in [-0.05, 0) is 37.6 Å². The topological polar surface area (TPSA) is 77.1 Å². The number of carbonyl (C=O) groups is 1. The summed E-state index contributed by atoms with van der Waals surface area (Å²) >= 11 is 0. The first kappa shape index (κ1) is 16.7. The van der Waals surface area contributed by atoms with E-state index in [2.05, 4.69) is 10.4 Å². The molecule has 1 N–H and O–H groups in total. The molecule has 0 fully saturated rings. The van der Waals surface area contributed by atoms with Gasteiger partial charge >= 0.3 is 0 Å². The quantitative estimate of drug-likeness (QED) is 0.776. The van der Waals surface area contributed by atoms with Crippen molar-refractivity contribution in [2.45, 2.75) is 25.9 Å². The summed E-state index contributed by atoms with van der Waals surface area (Å²) in [4.78, 5) is 24.7. The van der Waals surface area contributed by atoms with Gasteiger partial charge in [0.25, 0.3) is 5.56 Å². The van der Waals surface area contributed by atoms with Gasteiger partial charge in [-0.3, -0.25) is 9.59 Å². The molecule has 2 heterocycles. The summed E-state index contributed by atoms with van der Waals surface area (Å²) in [5, 5.41) is 7.18. The molecule has 0 saturated heterocycles. The van der Waals surface area contributed by atoms with E-state index < -0.39 is 6.04 Å². The summed E-state index contributed by atoms with van der Waals surface area (Å²) in [6.45, 7) is 3.54. The molecule has 3 rings (SSSR count). The molecule has 6 heteroatoms. The molecular formula is C19H19N3O3. The zero-order chi connectivity index (χ0) is 17.8. The van der Waals surface area contributed by atoms with Gasteiger partial charge in [0.15, 0.2) is 5.76 Å². The van der Waals surface area contributed by atoms with E-state index in [-0.39, 0.29) is 17.5 Å². The van der Waals surface area contributed by atoms with Crippen molar-refractivity contribution in [3.8, 4) is 11.5 Å². The van der Waals surface area contributed by atoms with Crippen LogP contribution in [0.1, 0.15) is 31.5 Å². The Morgan fingerprint density at radius 3 is 2.52 bits per heavy atom. The molecule has 3 aromatic rings. The molecule has 25 heavy (non-hydrogen) atoms. The van der Waals surface area contributed by atoms with Crippen LogP contribution in [0.5, 0.6) is 0 Å². The molecule has 0 aliphatic heterocycles. The summed E-state index contributed by atoms with van der Waals surface area (Å²) in [5.41, 5.74) is 1.15. The van der Waals surface area contributed by atoms with Crippen LogP contribution in [0.3, 0.4) is 0 Å². The minimum Gasteiger partial charge on any atom is -0.463 e. The summed E-state index contributed by atoms with van der Waals surface area (Å²) in [6, 6.07) is 15.2. The Bertz CT molecular complexity index is 901. The minimum atomic E-state index is -0.742. The molecule has 6 nitrogen and oxygen atoms in total. The van der Waals surface area contributed by atoms with Gasteiger partial charge in [-0.25, -0.2) is 4.68 Å². The van der Waals surface area contributed by atoms with E-state index in [1.165, 1.54) is 17.0 Å². The van der Waals surface area contributed by atoms with Gasteiger partial charge in [0.1, 0.15) is 11.7 Å². The van der Waals surface area contributed by atoms with Crippen LogP contribution in [0.2, 0.25) is 0 Å². The van der Waals surface area contributed by atoms with Crippen LogP contribution in [0.4, 0.5) is 0 Å². The fourth-order valence-corrected chi connectivity index (χ4v) is 2.53. The molecule has 0 spiro atoms. The predicted molar refractivity (Wildman–Crippen MR) is 93.9 cm³/mol. The molecule has 1 aromatic carbocycles. The van der Waals surface area contributed by atoms with E-state index in [0.717, 1.165) is 5.56 Å². The van der Waals surface area contributed by atoms with Crippen LogP contribution in [0.25, 0.3) is 11.5 Å². The third-order valence-electron chi connectivity index (χ3n) is 4.00. The number of hydrogen-bond acceptors (Lipinski definition) is 4. The second-order valence-electron chi connectivity index (χ2n) is 5.80. The van der Waals surface area contributed by atoms with Crippen molar-refractivity contribution in [2.75, 3.05) is 0 Å². The Labute approximate surface area is 145 Å². The summed E-state index contributed by atoms with van der Waals surface area (Å²) in [6.07, 6.45) is 1.53. The van der Waals surface area contributed by atoms with Gasteiger partial charge in [0, 0.05) is 6.07 Å². The molecule has 2 aromatic heterocycles. The number of carbonyl (C=O) groups excluding carboxylic acids is 1. The summed E-state index contributed by atoms with van der Waals surface area (Å²) < 4.78 is 6.47. The fourth-order valence-electron chi connectivity index (χ4n) is 2.53. The number of benzene rings is 1. The van der Waals surface area contributed by atoms with Gasteiger partial charge in [-0.15, -0.1) is 0 Å². The molecule has 0 saturated carbocycles. The van der Waals surface area contributed by atoms with E-state index in [1.54, 1.807) is 25.1 Å². The number of aromatic nitrogens is 2. The SMILES string of the molecule is CC(NC(=O)C(C)n1nc(-c2ccco2)ccc1=O)c1ccccc1. The first-order valence-electron chi connectivity index (χ1n) is 8.05. The smallest absolute Gasteiger partial charge is 0.267 e. The van der Waals surface area contributed by atoms with E-state index in [1.807, 2.05) is 37.3 Å². The van der Waals surface area contributed by atoms with Gasteiger partial charge < -0.3 is 9.73 Å². The third kappa shape index (κ3) is 3.68. The Morgan fingerprint density at radius 1 is 1.08 bits per heavy atom. The van der Waals surface area contributed by atoms with Crippen molar-refractivity contribution >= 4 is 5.91 Å². The normalized spacial score (nSPS) is 13.2. The highest BCUT2D eigenvalue weighted by Crippen LogP contribution is 2.17. The van der Waals surface area contributed by atoms with Crippen LogP contribution in [-0.4, -0.2) is 15.7 Å². The van der Waals surface area contributed by atoms with E-state index >= 15 is 0 Å². The van der Waals surface area contributed by atoms with Crippen molar-refractivity contribution in [3.63, 3.8) is 0 Å². The number of rotatable bonds is 5. The Hall–Kier alpha value is -3.15. The van der Waals surface area contributed by atoms with Gasteiger partial charge in [0.2, 0.25) is 5.91 Å². The van der Waals surface area contributed by atoms with Crippen LogP contribution < -0.4 is 10.9 Å². The van der Waals surface area contributed by atoms with Crippen molar-refractivity contribution in [2.24, 2.45) is 0 Å². The lowest BCUT2D eigenvalue weighted by molar-refractivity contribution is -0.124. The molecule has 2 atom stereocenters. The van der Waals surface area contributed by atoms with Gasteiger partial charge in [-0.2, -0.15) is 5.10 Å². The highest BCUT2D eigenvalue weighted by atomic mass is 16.3. The monoisotopic (exact) mass is 337 g/mol. The van der Waals surface area contributed by atoms with Crippen LogP contribution in [0.15, 0.2) is 70.1 Å². The highest BCUT2D eigenvalue weighted by molar-refractivity contribution is 5.80. The van der Waals surface area contributed by atoms with Crippen molar-refractivity contribution in [1.29, 1.82) is 0 Å². The summed E-state index contributed by atoms with van der Waals surface area (Å²) in [5.74, 6) is 0.265. The maximum Gasteiger partial charge on any atom is 0.267 e. The predicted octanol–water partition coefficient (Wildman–Crippen LogP) is 2.94. The first-order valence-corrected chi connectivity index (χ1v) is 8.05. The maximum atomic E-state index is 12.5. The Balaban J connectivity index is 1.80. The lowest BCUT2D eigenvalue weighted by atomic mass is 10.1. The zero-order valence-electron chi connectivity index (χ0n) is 14.0. The lowest BCUT2D eigenvalue weighted by Crippen LogP contribution is -2.38. The molecular weight excluding hydrogens is 318 g/mol. The Morgan fingerprint density at radius 2 is 1.84 bits per heavy atom. The second kappa shape index (κ2) is 7.17. The molecule has 1 amide bonds. The van der Waals surface area contributed by atoms with Gasteiger partial charge in [0.05, 0.1) is 12.3 Å². The lowest BCUT2D eigenvalue weighted by Gasteiger charge is -2.19. The number of nitrogens with one attached hydrogen (secondary N) is 1. The van der Waals surface area contributed by atoms with Crippen LogP contribution >= 0.6 is 0 Å². The first-order chi connectivity index (χ1) is 12.1. The van der Waals surface area contributed by atoms with Crippen molar-refractivity contribution in [1.82, 2.24) is 15.1 Å². The highest BCUT2D eigenvalue weighted by Gasteiger charge is 2.20. The van der Waals surface area contributed by atoms with Gasteiger partial charge in [-0.1, -0.05) is 30.3 Å². The average molecular weight is 337 g/mol. The maximum absolute atomic E-state index is 12.5. The third-order valence-corrected chi connectivity index (χ3v) is 4.00. The van der Waals surface area contributed by atoms with Crippen molar-refractivity contribution < 1.29 is 9.21 Å². The number of nitrogens with zero attached hydrogens (tertiary/aromatic N) is 2. The number of amides is 1. The zero-order valence-corrected chi connectivity index (χ0v) is 14.0. The standard InChI is InChI=1S/C19H19N3O3/c1-13(15-7-4-3-5-8-15)20-19(24)14(2)22-18(23)11-10-16(21-22)17-9-6-12-25-17/h3-14H,1-2H3,(H,20,24). The molecule has 0 bridgehead atoms. The molecule has 0 radical (unpaired) electrons. The largest absolute Gasteiger partial charge is 0.463 e. The summed E-state index contributed by atoms with van der Waals surface area (Å²) in [7, 11) is 0. The minimum absolute atomic E-state index is 0.167. The number of hydrogen-bond donors (Lipinski definition) is 1. The number of furan rings is 1. The van der Waals surface area contributed by atoms with Crippen LogP contribution in [-0.2, 0) is 4.79 Å².